The van der Waals surface area contributed by atoms with E-state index in [1.165, 1.54) is 60.8 Å². The second-order valence-electron chi connectivity index (χ2n) is 12.2. The van der Waals surface area contributed by atoms with E-state index in [2.05, 4.69) is 70.8 Å². The average Bonchev–Trinajstić information content (AvgIpc) is 3.30. The molecule has 0 saturated carbocycles. The molecule has 1 aliphatic rings. The van der Waals surface area contributed by atoms with Crippen LogP contribution < -0.4 is 5.32 Å². The third-order valence-electron chi connectivity index (χ3n) is 8.15. The third kappa shape index (κ3) is 7.25. The topological polar surface area (TPSA) is 45.5 Å². The highest BCUT2D eigenvalue weighted by atomic mass is 16.3. The zero-order valence-corrected chi connectivity index (χ0v) is 24.1. The molecule has 0 aliphatic heterocycles. The Morgan fingerprint density at radius 3 is 2.11 bits per heavy atom. The monoisotopic (exact) mass is 494 g/mol. The number of carbonyl (C=O) groups excluding carboxylic acids is 1. The number of unbranched alkanes of at least 4 members (excludes halogenated alkanes) is 2. The maximum absolute atomic E-state index is 12.7. The highest BCUT2D eigenvalue weighted by Crippen LogP contribution is 2.46. The molecule has 2 aromatic rings. The fourth-order valence-corrected chi connectivity index (χ4v) is 5.43. The molecule has 0 saturated heterocycles. The van der Waals surface area contributed by atoms with Crippen molar-refractivity contribution in [3.05, 3.63) is 58.0 Å². The van der Waals surface area contributed by atoms with E-state index in [-0.39, 0.29) is 16.7 Å². The van der Waals surface area contributed by atoms with Crippen molar-refractivity contribution in [2.75, 3.05) is 26.2 Å². The molecule has 0 fully saturated rings. The Morgan fingerprint density at radius 2 is 1.50 bits per heavy atom. The van der Waals surface area contributed by atoms with Gasteiger partial charge < -0.3 is 14.6 Å². The molecule has 1 aromatic heterocycles. The molecule has 0 radical (unpaired) electrons. The summed E-state index contributed by atoms with van der Waals surface area (Å²) < 4.78 is 6.00. The number of furan rings is 1. The number of hydrogen-bond donors (Lipinski definition) is 1. The third-order valence-corrected chi connectivity index (χ3v) is 8.15. The molecule has 200 valence electrons. The number of hydrogen-bond acceptors (Lipinski definition) is 3. The Labute approximate surface area is 220 Å². The molecule has 1 amide bonds. The maximum atomic E-state index is 12.7. The highest BCUT2D eigenvalue weighted by molar-refractivity contribution is 5.91. The molecule has 4 heteroatoms. The van der Waals surface area contributed by atoms with Crippen LogP contribution in [0.2, 0.25) is 0 Å². The Balaban J connectivity index is 1.58. The fraction of sp³-hybridized carbons (Fsp3) is 0.656. The lowest BCUT2D eigenvalue weighted by Crippen LogP contribution is -2.34. The van der Waals surface area contributed by atoms with Gasteiger partial charge in [-0.2, -0.15) is 0 Å². The van der Waals surface area contributed by atoms with Crippen molar-refractivity contribution < 1.29 is 9.21 Å². The van der Waals surface area contributed by atoms with Gasteiger partial charge in [0.25, 0.3) is 5.91 Å². The van der Waals surface area contributed by atoms with Gasteiger partial charge in [-0.05, 0) is 104 Å². The lowest BCUT2D eigenvalue weighted by atomic mass is 9.62. The molecule has 36 heavy (non-hydrogen) atoms. The normalized spacial score (nSPS) is 16.2. The molecule has 0 unspecified atom stereocenters. The lowest BCUT2D eigenvalue weighted by molar-refractivity contribution is 0.0922. The number of aryl methyl sites for hydroxylation is 1. The average molecular weight is 495 g/mol. The van der Waals surface area contributed by atoms with Gasteiger partial charge in [0, 0.05) is 13.0 Å². The van der Waals surface area contributed by atoms with Crippen LogP contribution in [0, 0.1) is 6.92 Å². The Kier molecular flexibility index (Phi) is 9.86. The van der Waals surface area contributed by atoms with Gasteiger partial charge in [0.2, 0.25) is 0 Å². The van der Waals surface area contributed by atoms with E-state index in [0.717, 1.165) is 31.8 Å². The van der Waals surface area contributed by atoms with Crippen LogP contribution >= 0.6 is 0 Å². The van der Waals surface area contributed by atoms with Gasteiger partial charge in [-0.15, -0.1) is 0 Å². The maximum Gasteiger partial charge on any atom is 0.286 e. The van der Waals surface area contributed by atoms with Crippen molar-refractivity contribution in [3.8, 4) is 0 Å². The summed E-state index contributed by atoms with van der Waals surface area (Å²) in [6.45, 7) is 20.2. The van der Waals surface area contributed by atoms with Crippen LogP contribution in [0.15, 0.2) is 28.7 Å². The Morgan fingerprint density at radius 1 is 0.917 bits per heavy atom. The molecule has 0 spiro atoms. The van der Waals surface area contributed by atoms with Crippen LogP contribution in [0.1, 0.15) is 125 Å². The first-order chi connectivity index (χ1) is 17.1. The van der Waals surface area contributed by atoms with Crippen LogP contribution in [0.5, 0.6) is 0 Å². The molecule has 4 nitrogen and oxygen atoms in total. The number of fused-ring (bicyclic) bond motifs is 1. The van der Waals surface area contributed by atoms with E-state index >= 15 is 0 Å². The number of benzene rings is 1. The van der Waals surface area contributed by atoms with Crippen LogP contribution in [-0.2, 0) is 17.3 Å². The van der Waals surface area contributed by atoms with Gasteiger partial charge in [0.15, 0.2) is 5.76 Å². The smallest absolute Gasteiger partial charge is 0.286 e. The zero-order valence-electron chi connectivity index (χ0n) is 24.1. The summed E-state index contributed by atoms with van der Waals surface area (Å²) in [4.78, 5) is 15.2. The van der Waals surface area contributed by atoms with Crippen LogP contribution in [0.4, 0.5) is 0 Å². The number of nitrogens with one attached hydrogen (secondary N) is 1. The SMILES string of the molecule is CCCCN(CCCC)CCCNC(=O)c1ccc(Cc2cc3c(cc2C)C(C)(C)CCC3(C)C)o1. The summed E-state index contributed by atoms with van der Waals surface area (Å²) in [5, 5.41) is 3.06. The standard InChI is InChI=1S/C32H50N2O2/c1-8-10-18-34(19-11-9-2)20-12-17-33-30(35)29-14-13-26(36-29)22-25-23-28-27(21-24(25)3)31(4,5)15-16-32(28,6)7/h13-14,21,23H,8-12,15-20,22H2,1-7H3,(H,33,35). The summed E-state index contributed by atoms with van der Waals surface area (Å²) in [5.74, 6) is 1.15. The summed E-state index contributed by atoms with van der Waals surface area (Å²) in [7, 11) is 0. The minimum absolute atomic E-state index is 0.111. The highest BCUT2D eigenvalue weighted by Gasteiger charge is 2.37. The van der Waals surface area contributed by atoms with E-state index in [4.69, 9.17) is 4.42 Å². The predicted octanol–water partition coefficient (Wildman–Crippen LogP) is 7.55. The second-order valence-corrected chi connectivity index (χ2v) is 12.2. The summed E-state index contributed by atoms with van der Waals surface area (Å²) in [6, 6.07) is 8.57. The van der Waals surface area contributed by atoms with E-state index < -0.39 is 0 Å². The van der Waals surface area contributed by atoms with Crippen molar-refractivity contribution in [3.63, 3.8) is 0 Å². The summed E-state index contributed by atoms with van der Waals surface area (Å²) in [6.07, 6.45) is 9.03. The minimum Gasteiger partial charge on any atom is -0.456 e. The van der Waals surface area contributed by atoms with Crippen molar-refractivity contribution in [2.24, 2.45) is 0 Å². The van der Waals surface area contributed by atoms with Gasteiger partial charge in [-0.25, -0.2) is 0 Å². The molecule has 3 rings (SSSR count). The minimum atomic E-state index is -0.111. The van der Waals surface area contributed by atoms with Crippen LogP contribution in [0.3, 0.4) is 0 Å². The summed E-state index contributed by atoms with van der Waals surface area (Å²) in [5.41, 5.74) is 5.95. The van der Waals surface area contributed by atoms with Crippen molar-refractivity contribution in [1.29, 1.82) is 0 Å². The quantitative estimate of drug-likeness (QED) is 0.292. The molecule has 0 bridgehead atoms. The van der Waals surface area contributed by atoms with E-state index in [1.807, 2.05) is 12.1 Å². The predicted molar refractivity (Wildman–Crippen MR) is 151 cm³/mol. The Bertz CT molecular complexity index is 994. The zero-order chi connectivity index (χ0) is 26.3. The lowest BCUT2D eigenvalue weighted by Gasteiger charge is -2.42. The Hall–Kier alpha value is -2.07. The first kappa shape index (κ1) is 28.5. The van der Waals surface area contributed by atoms with Crippen molar-refractivity contribution >= 4 is 5.91 Å². The molecule has 1 aromatic carbocycles. The van der Waals surface area contributed by atoms with Crippen LogP contribution in [-0.4, -0.2) is 37.0 Å². The van der Waals surface area contributed by atoms with Gasteiger partial charge in [0.1, 0.15) is 5.76 Å². The first-order valence-corrected chi connectivity index (χ1v) is 14.3. The number of nitrogens with zero attached hydrogens (tertiary/aromatic N) is 1. The molecule has 1 aliphatic carbocycles. The number of amides is 1. The van der Waals surface area contributed by atoms with Gasteiger partial charge in [-0.3, -0.25) is 4.79 Å². The molecular formula is C32H50N2O2. The largest absolute Gasteiger partial charge is 0.456 e. The van der Waals surface area contributed by atoms with Gasteiger partial charge in [0.05, 0.1) is 0 Å². The van der Waals surface area contributed by atoms with E-state index in [0.29, 0.717) is 18.7 Å². The van der Waals surface area contributed by atoms with E-state index in [9.17, 15) is 4.79 Å². The van der Waals surface area contributed by atoms with Crippen molar-refractivity contribution in [2.45, 2.75) is 111 Å². The molecule has 1 N–H and O–H groups in total. The molecule has 0 atom stereocenters. The van der Waals surface area contributed by atoms with Gasteiger partial charge >= 0.3 is 0 Å². The molecule has 1 heterocycles. The van der Waals surface area contributed by atoms with Crippen LogP contribution in [0.25, 0.3) is 0 Å². The number of rotatable bonds is 13. The fourth-order valence-electron chi connectivity index (χ4n) is 5.43. The van der Waals surface area contributed by atoms with E-state index in [1.54, 1.807) is 0 Å². The first-order valence-electron chi connectivity index (χ1n) is 14.3. The molecular weight excluding hydrogens is 444 g/mol. The van der Waals surface area contributed by atoms with Crippen molar-refractivity contribution in [1.82, 2.24) is 10.2 Å². The number of carbonyl (C=O) groups is 1. The summed E-state index contributed by atoms with van der Waals surface area (Å²) >= 11 is 0. The van der Waals surface area contributed by atoms with Gasteiger partial charge in [-0.1, -0.05) is 66.5 Å². The second kappa shape index (κ2) is 12.4.